The zero-order chi connectivity index (χ0) is 20.1. The minimum absolute atomic E-state index is 0.469. The predicted molar refractivity (Wildman–Crippen MR) is 110 cm³/mol. The van der Waals surface area contributed by atoms with Crippen LogP contribution < -0.4 is 10.1 Å². The van der Waals surface area contributed by atoms with Gasteiger partial charge in [0.1, 0.15) is 11.8 Å². The van der Waals surface area contributed by atoms with Gasteiger partial charge in [-0.05, 0) is 37.6 Å². The molecule has 2 N–H and O–H groups in total. The standard InChI is InChI=1S/C22H23N3O3/c1-3-5-11-25-20-13-17(28-4-2)9-10-18(20)19(14-23)21(25)15-7-6-8-16(12-15)24-22(26)27/h6-10,12-13,24H,3-5,11H2,1-2H3,(H,26,27). The Kier molecular flexibility index (Phi) is 5.85. The minimum atomic E-state index is -1.12. The summed E-state index contributed by atoms with van der Waals surface area (Å²) in [5.74, 6) is 0.766. The topological polar surface area (TPSA) is 87.3 Å². The SMILES string of the molecule is CCCCn1c(-c2cccc(NC(=O)O)c2)c(C#N)c2ccc(OCC)cc21. The van der Waals surface area contributed by atoms with Crippen LogP contribution >= 0.6 is 0 Å². The molecule has 28 heavy (non-hydrogen) atoms. The molecule has 0 bridgehead atoms. The summed E-state index contributed by atoms with van der Waals surface area (Å²) < 4.78 is 7.79. The van der Waals surface area contributed by atoms with Crippen molar-refractivity contribution in [2.45, 2.75) is 33.2 Å². The van der Waals surface area contributed by atoms with Gasteiger partial charge in [-0.3, -0.25) is 5.32 Å². The van der Waals surface area contributed by atoms with Crippen LogP contribution in [0.4, 0.5) is 10.5 Å². The zero-order valence-electron chi connectivity index (χ0n) is 16.0. The Labute approximate surface area is 164 Å². The minimum Gasteiger partial charge on any atom is -0.494 e. The summed E-state index contributed by atoms with van der Waals surface area (Å²) >= 11 is 0. The lowest BCUT2D eigenvalue weighted by Crippen LogP contribution is -2.07. The number of hydrogen-bond acceptors (Lipinski definition) is 3. The van der Waals surface area contributed by atoms with Gasteiger partial charge in [-0.1, -0.05) is 25.5 Å². The molecule has 1 amide bonds. The molecule has 0 aliphatic rings. The lowest BCUT2D eigenvalue weighted by atomic mass is 10.1. The number of carboxylic acid groups (broad SMARTS) is 1. The fourth-order valence-electron chi connectivity index (χ4n) is 3.42. The van der Waals surface area contributed by atoms with Crippen LogP contribution in [0.1, 0.15) is 32.3 Å². The molecule has 0 fully saturated rings. The molecule has 3 aromatic rings. The van der Waals surface area contributed by atoms with E-state index in [1.807, 2.05) is 31.2 Å². The van der Waals surface area contributed by atoms with E-state index < -0.39 is 6.09 Å². The number of aryl methyl sites for hydroxylation is 1. The van der Waals surface area contributed by atoms with E-state index in [0.717, 1.165) is 47.3 Å². The Balaban J connectivity index is 2.25. The van der Waals surface area contributed by atoms with Gasteiger partial charge in [0.05, 0.1) is 23.4 Å². The van der Waals surface area contributed by atoms with Crippen LogP contribution in [0.2, 0.25) is 0 Å². The molecule has 6 heteroatoms. The summed E-state index contributed by atoms with van der Waals surface area (Å²) in [4.78, 5) is 11.0. The highest BCUT2D eigenvalue weighted by molar-refractivity contribution is 5.96. The average Bonchev–Trinajstić information content (AvgIpc) is 2.99. The monoisotopic (exact) mass is 377 g/mol. The smallest absolute Gasteiger partial charge is 0.409 e. The molecule has 0 unspecified atom stereocenters. The molecule has 144 valence electrons. The maximum absolute atomic E-state index is 11.0. The van der Waals surface area contributed by atoms with Gasteiger partial charge in [-0.2, -0.15) is 5.26 Å². The third-order valence-corrected chi connectivity index (χ3v) is 4.58. The van der Waals surface area contributed by atoms with E-state index in [0.29, 0.717) is 17.9 Å². The van der Waals surface area contributed by atoms with E-state index in [1.165, 1.54) is 0 Å². The van der Waals surface area contributed by atoms with E-state index in [-0.39, 0.29) is 0 Å². The molecule has 0 aliphatic carbocycles. The number of carbonyl (C=O) groups is 1. The third kappa shape index (κ3) is 3.79. The van der Waals surface area contributed by atoms with Crippen LogP contribution in [0.25, 0.3) is 22.2 Å². The van der Waals surface area contributed by atoms with Crippen molar-refractivity contribution in [3.05, 3.63) is 48.0 Å². The predicted octanol–water partition coefficient (Wildman–Crippen LogP) is 5.47. The Morgan fingerprint density at radius 2 is 2.07 bits per heavy atom. The normalized spacial score (nSPS) is 10.6. The van der Waals surface area contributed by atoms with Crippen molar-refractivity contribution >= 4 is 22.7 Å². The molecule has 0 aliphatic heterocycles. The Bertz CT molecular complexity index is 1050. The third-order valence-electron chi connectivity index (χ3n) is 4.58. The molecular formula is C22H23N3O3. The molecule has 0 atom stereocenters. The largest absolute Gasteiger partial charge is 0.494 e. The Morgan fingerprint density at radius 3 is 2.75 bits per heavy atom. The van der Waals surface area contributed by atoms with Gasteiger partial charge >= 0.3 is 6.09 Å². The van der Waals surface area contributed by atoms with E-state index in [9.17, 15) is 10.1 Å². The summed E-state index contributed by atoms with van der Waals surface area (Å²) in [5.41, 5.74) is 3.60. The van der Waals surface area contributed by atoms with Crippen LogP contribution in [-0.2, 0) is 6.54 Å². The molecule has 2 aromatic carbocycles. The molecule has 1 heterocycles. The summed E-state index contributed by atoms with van der Waals surface area (Å²) in [6, 6.07) is 15.2. The van der Waals surface area contributed by atoms with Crippen molar-refractivity contribution in [1.29, 1.82) is 5.26 Å². The van der Waals surface area contributed by atoms with Crippen molar-refractivity contribution in [2.24, 2.45) is 0 Å². The Morgan fingerprint density at radius 1 is 1.25 bits per heavy atom. The zero-order valence-corrected chi connectivity index (χ0v) is 16.0. The van der Waals surface area contributed by atoms with Gasteiger partial charge in [-0.15, -0.1) is 0 Å². The maximum Gasteiger partial charge on any atom is 0.409 e. The van der Waals surface area contributed by atoms with Gasteiger partial charge < -0.3 is 14.4 Å². The summed E-state index contributed by atoms with van der Waals surface area (Å²) in [5, 5.41) is 22.2. The van der Waals surface area contributed by atoms with Crippen LogP contribution in [0.3, 0.4) is 0 Å². The maximum atomic E-state index is 11.0. The van der Waals surface area contributed by atoms with Gasteiger partial charge in [0.15, 0.2) is 0 Å². The number of benzene rings is 2. The first-order chi connectivity index (χ1) is 13.6. The van der Waals surface area contributed by atoms with Crippen molar-refractivity contribution in [2.75, 3.05) is 11.9 Å². The highest BCUT2D eigenvalue weighted by Crippen LogP contribution is 2.36. The van der Waals surface area contributed by atoms with Gasteiger partial charge in [0.2, 0.25) is 0 Å². The molecule has 0 saturated heterocycles. The molecule has 3 rings (SSSR count). The fourth-order valence-corrected chi connectivity index (χ4v) is 3.42. The number of fused-ring (bicyclic) bond motifs is 1. The first-order valence-corrected chi connectivity index (χ1v) is 9.38. The number of anilines is 1. The fraction of sp³-hybridized carbons (Fsp3) is 0.273. The van der Waals surface area contributed by atoms with Gasteiger partial charge in [0.25, 0.3) is 0 Å². The van der Waals surface area contributed by atoms with E-state index in [1.54, 1.807) is 18.2 Å². The van der Waals surface area contributed by atoms with Gasteiger partial charge in [0, 0.05) is 29.2 Å². The second-order valence-electron chi connectivity index (χ2n) is 6.46. The first-order valence-electron chi connectivity index (χ1n) is 9.38. The molecule has 0 spiro atoms. The molecular weight excluding hydrogens is 354 g/mol. The van der Waals surface area contributed by atoms with Gasteiger partial charge in [-0.25, -0.2) is 4.79 Å². The number of aromatic nitrogens is 1. The van der Waals surface area contributed by atoms with E-state index in [4.69, 9.17) is 9.84 Å². The van der Waals surface area contributed by atoms with Crippen molar-refractivity contribution in [3.63, 3.8) is 0 Å². The summed E-state index contributed by atoms with van der Waals surface area (Å²) in [6.45, 7) is 5.39. The van der Waals surface area contributed by atoms with Crippen LogP contribution in [0.5, 0.6) is 5.75 Å². The van der Waals surface area contributed by atoms with Crippen molar-refractivity contribution in [1.82, 2.24) is 4.57 Å². The Hall–Kier alpha value is -3.46. The quantitative estimate of drug-likeness (QED) is 0.571. The molecule has 6 nitrogen and oxygen atoms in total. The first kappa shape index (κ1) is 19.3. The summed E-state index contributed by atoms with van der Waals surface area (Å²) in [7, 11) is 0. The highest BCUT2D eigenvalue weighted by atomic mass is 16.5. The number of unbranched alkanes of at least 4 members (excludes halogenated alkanes) is 1. The number of rotatable bonds is 7. The van der Waals surface area contributed by atoms with Crippen LogP contribution in [-0.4, -0.2) is 22.4 Å². The highest BCUT2D eigenvalue weighted by Gasteiger charge is 2.19. The lowest BCUT2D eigenvalue weighted by Gasteiger charge is -2.12. The molecule has 1 aromatic heterocycles. The second kappa shape index (κ2) is 8.49. The number of nitrogens with one attached hydrogen (secondary N) is 1. The van der Waals surface area contributed by atoms with E-state index in [2.05, 4.69) is 22.9 Å². The van der Waals surface area contributed by atoms with Crippen molar-refractivity contribution < 1.29 is 14.6 Å². The van der Waals surface area contributed by atoms with Crippen LogP contribution in [0, 0.1) is 11.3 Å². The number of nitrogens with zero attached hydrogens (tertiary/aromatic N) is 2. The lowest BCUT2D eigenvalue weighted by molar-refractivity contribution is 0.210. The average molecular weight is 377 g/mol. The second-order valence-corrected chi connectivity index (χ2v) is 6.46. The number of ether oxygens (including phenoxy) is 1. The van der Waals surface area contributed by atoms with Crippen LogP contribution in [0.15, 0.2) is 42.5 Å². The van der Waals surface area contributed by atoms with E-state index >= 15 is 0 Å². The number of hydrogen-bond donors (Lipinski definition) is 2. The van der Waals surface area contributed by atoms with Crippen molar-refractivity contribution in [3.8, 4) is 23.1 Å². The summed E-state index contributed by atoms with van der Waals surface area (Å²) in [6.07, 6.45) is 0.867. The number of nitriles is 1. The molecule has 0 saturated carbocycles. The number of amides is 1. The molecule has 0 radical (unpaired) electrons.